The molecule has 0 aliphatic heterocycles. The van der Waals surface area contributed by atoms with Crippen LogP contribution in [0.3, 0.4) is 0 Å². The second-order valence-electron chi connectivity index (χ2n) is 5.59. The summed E-state index contributed by atoms with van der Waals surface area (Å²) in [7, 11) is 0. The summed E-state index contributed by atoms with van der Waals surface area (Å²) in [6.45, 7) is 2.13. The minimum absolute atomic E-state index is 0.237. The highest BCUT2D eigenvalue weighted by atomic mass is 16.6. The lowest BCUT2D eigenvalue weighted by molar-refractivity contribution is -0.154. The van der Waals surface area contributed by atoms with Gasteiger partial charge in [0.15, 0.2) is 13.2 Å². The molecule has 0 heterocycles. The van der Waals surface area contributed by atoms with Crippen LogP contribution in [0.15, 0.2) is 72.8 Å². The molecule has 2 aromatic carbocycles. The molecule has 0 saturated heterocycles. The number of carbonyl (C=O) groups excluding carboxylic acids is 4. The summed E-state index contributed by atoms with van der Waals surface area (Å²) in [6, 6.07) is 16.5. The Balaban J connectivity index is 1.66. The van der Waals surface area contributed by atoms with E-state index in [2.05, 4.69) is 6.58 Å². The van der Waals surface area contributed by atoms with Gasteiger partial charge in [0, 0.05) is 5.57 Å². The molecule has 150 valence electrons. The van der Waals surface area contributed by atoms with E-state index in [9.17, 15) is 19.2 Å². The van der Waals surface area contributed by atoms with Crippen LogP contribution in [-0.2, 0) is 28.7 Å². The minimum Gasteiger partial charge on any atom is -0.453 e. The standard InChI is InChI=1S/C21H18O8/c1-15(21(25)27-14-20(24)29-17-10-6-3-7-11-17)12-18(22)26-13-19(23)28-16-8-4-2-5-9-16/h2-11H,1,12-14H2. The van der Waals surface area contributed by atoms with E-state index in [4.69, 9.17) is 18.9 Å². The third-order valence-electron chi connectivity index (χ3n) is 3.27. The molecule has 0 saturated carbocycles. The molecule has 0 amide bonds. The van der Waals surface area contributed by atoms with Gasteiger partial charge in [-0.3, -0.25) is 4.79 Å². The Kier molecular flexibility index (Phi) is 8.12. The molecule has 0 aliphatic rings. The van der Waals surface area contributed by atoms with Gasteiger partial charge in [-0.25, -0.2) is 14.4 Å². The van der Waals surface area contributed by atoms with E-state index in [0.29, 0.717) is 11.5 Å². The molecule has 0 aromatic heterocycles. The lowest BCUT2D eigenvalue weighted by atomic mass is 10.2. The second-order valence-corrected chi connectivity index (χ2v) is 5.59. The summed E-state index contributed by atoms with van der Waals surface area (Å²) in [5.74, 6) is -2.78. The van der Waals surface area contributed by atoms with Crippen LogP contribution >= 0.6 is 0 Å². The highest BCUT2D eigenvalue weighted by Crippen LogP contribution is 2.10. The molecule has 0 unspecified atom stereocenters. The highest BCUT2D eigenvalue weighted by molar-refractivity contribution is 5.94. The molecule has 0 atom stereocenters. The van der Waals surface area contributed by atoms with Gasteiger partial charge in [0.1, 0.15) is 11.5 Å². The van der Waals surface area contributed by atoms with Crippen molar-refractivity contribution < 1.29 is 38.1 Å². The van der Waals surface area contributed by atoms with Crippen LogP contribution in [0.4, 0.5) is 0 Å². The summed E-state index contributed by atoms with van der Waals surface area (Å²) in [4.78, 5) is 46.7. The third-order valence-corrected chi connectivity index (χ3v) is 3.27. The van der Waals surface area contributed by atoms with Gasteiger partial charge >= 0.3 is 23.9 Å². The highest BCUT2D eigenvalue weighted by Gasteiger charge is 2.17. The predicted octanol–water partition coefficient (Wildman–Crippen LogP) is 2.23. The zero-order valence-corrected chi connectivity index (χ0v) is 15.4. The number of carbonyl (C=O) groups is 4. The van der Waals surface area contributed by atoms with E-state index < -0.39 is 43.5 Å². The van der Waals surface area contributed by atoms with Crippen LogP contribution in [0.1, 0.15) is 6.42 Å². The fraction of sp³-hybridized carbons (Fsp3) is 0.143. The Hall–Kier alpha value is -3.94. The summed E-state index contributed by atoms with van der Waals surface area (Å²) in [6.07, 6.45) is -0.509. The van der Waals surface area contributed by atoms with E-state index >= 15 is 0 Å². The first kappa shape index (κ1) is 21.4. The predicted molar refractivity (Wildman–Crippen MR) is 99.8 cm³/mol. The molecule has 0 fully saturated rings. The van der Waals surface area contributed by atoms with Crippen molar-refractivity contribution in [2.75, 3.05) is 13.2 Å². The van der Waals surface area contributed by atoms with Gasteiger partial charge in [0.05, 0.1) is 6.42 Å². The maximum Gasteiger partial charge on any atom is 0.349 e. The van der Waals surface area contributed by atoms with Crippen LogP contribution < -0.4 is 9.47 Å². The fourth-order valence-corrected chi connectivity index (χ4v) is 1.96. The lowest BCUT2D eigenvalue weighted by Gasteiger charge is -2.08. The molecule has 0 bridgehead atoms. The lowest BCUT2D eigenvalue weighted by Crippen LogP contribution is -2.22. The summed E-state index contributed by atoms with van der Waals surface area (Å²) in [5, 5.41) is 0. The molecule has 2 aromatic rings. The molecule has 0 N–H and O–H groups in total. The van der Waals surface area contributed by atoms with E-state index in [1.54, 1.807) is 60.7 Å². The Bertz CT molecular complexity index is 874. The number of para-hydroxylation sites is 2. The molecule has 29 heavy (non-hydrogen) atoms. The first-order chi connectivity index (χ1) is 13.9. The summed E-state index contributed by atoms with van der Waals surface area (Å²) < 4.78 is 19.4. The molecule has 0 aliphatic carbocycles. The minimum atomic E-state index is -0.959. The maximum absolute atomic E-state index is 11.8. The largest absolute Gasteiger partial charge is 0.453 e. The van der Waals surface area contributed by atoms with Gasteiger partial charge in [-0.2, -0.15) is 0 Å². The first-order valence-electron chi connectivity index (χ1n) is 8.46. The second kappa shape index (κ2) is 11.0. The van der Waals surface area contributed by atoms with Crippen molar-refractivity contribution in [3.63, 3.8) is 0 Å². The zero-order valence-electron chi connectivity index (χ0n) is 15.4. The van der Waals surface area contributed by atoms with Crippen molar-refractivity contribution in [1.82, 2.24) is 0 Å². The van der Waals surface area contributed by atoms with Gasteiger partial charge in [0.2, 0.25) is 0 Å². The fourth-order valence-electron chi connectivity index (χ4n) is 1.96. The first-order valence-corrected chi connectivity index (χ1v) is 8.46. The van der Waals surface area contributed by atoms with Gasteiger partial charge < -0.3 is 18.9 Å². The van der Waals surface area contributed by atoms with Crippen LogP contribution in [0.25, 0.3) is 0 Å². The summed E-state index contributed by atoms with van der Waals surface area (Å²) >= 11 is 0. The van der Waals surface area contributed by atoms with Crippen molar-refractivity contribution in [2.45, 2.75) is 6.42 Å². The quantitative estimate of drug-likeness (QED) is 0.360. The number of esters is 4. The number of hydrogen-bond acceptors (Lipinski definition) is 8. The molecular formula is C21H18O8. The van der Waals surface area contributed by atoms with Gasteiger partial charge in [-0.15, -0.1) is 0 Å². The van der Waals surface area contributed by atoms with Crippen molar-refractivity contribution in [2.24, 2.45) is 0 Å². The number of ether oxygens (including phenoxy) is 4. The molecule has 8 heteroatoms. The average molecular weight is 398 g/mol. The average Bonchev–Trinajstić information content (AvgIpc) is 2.72. The Labute approximate surface area is 166 Å². The van der Waals surface area contributed by atoms with E-state index in [-0.39, 0.29) is 5.57 Å². The smallest absolute Gasteiger partial charge is 0.349 e. The number of rotatable bonds is 9. The monoisotopic (exact) mass is 398 g/mol. The number of benzene rings is 2. The number of hydrogen-bond donors (Lipinski definition) is 0. The van der Waals surface area contributed by atoms with E-state index in [0.717, 1.165) is 0 Å². The SMILES string of the molecule is C=C(CC(=O)OCC(=O)Oc1ccccc1)C(=O)OCC(=O)Oc1ccccc1. The van der Waals surface area contributed by atoms with Gasteiger partial charge in [-0.05, 0) is 24.3 Å². The van der Waals surface area contributed by atoms with Crippen LogP contribution in [0.5, 0.6) is 11.5 Å². The Morgan fingerprint density at radius 2 is 1.10 bits per heavy atom. The molecule has 0 spiro atoms. The van der Waals surface area contributed by atoms with Crippen LogP contribution in [0, 0.1) is 0 Å². The molecule has 8 nitrogen and oxygen atoms in total. The molecule has 2 rings (SSSR count). The Morgan fingerprint density at radius 3 is 1.59 bits per heavy atom. The van der Waals surface area contributed by atoms with Gasteiger partial charge in [-0.1, -0.05) is 43.0 Å². The third kappa shape index (κ3) is 8.08. The van der Waals surface area contributed by atoms with Gasteiger partial charge in [0.25, 0.3) is 0 Å². The maximum atomic E-state index is 11.8. The normalized spacial score (nSPS) is 9.79. The summed E-state index contributed by atoms with van der Waals surface area (Å²) in [5.41, 5.74) is -0.237. The van der Waals surface area contributed by atoms with Crippen LogP contribution in [-0.4, -0.2) is 37.1 Å². The molecular weight excluding hydrogens is 380 g/mol. The topological polar surface area (TPSA) is 105 Å². The van der Waals surface area contributed by atoms with E-state index in [1.807, 2.05) is 0 Å². The van der Waals surface area contributed by atoms with Crippen molar-refractivity contribution >= 4 is 23.9 Å². The molecule has 0 radical (unpaired) electrons. The van der Waals surface area contributed by atoms with Crippen molar-refractivity contribution in [3.05, 3.63) is 72.8 Å². The zero-order chi connectivity index (χ0) is 21.1. The van der Waals surface area contributed by atoms with Crippen LogP contribution in [0.2, 0.25) is 0 Å². The van der Waals surface area contributed by atoms with Crippen molar-refractivity contribution in [3.8, 4) is 11.5 Å². The Morgan fingerprint density at radius 1 is 0.655 bits per heavy atom. The van der Waals surface area contributed by atoms with E-state index in [1.165, 1.54) is 0 Å². The van der Waals surface area contributed by atoms with Crippen molar-refractivity contribution in [1.29, 1.82) is 0 Å².